The molecule has 2 aromatic rings. The van der Waals surface area contributed by atoms with Gasteiger partial charge in [0.05, 0.1) is 11.6 Å². The molecule has 1 amide bonds. The molecule has 1 unspecified atom stereocenters. The molecule has 0 fully saturated rings. The highest BCUT2D eigenvalue weighted by Crippen LogP contribution is 2.26. The van der Waals surface area contributed by atoms with Crippen molar-refractivity contribution in [3.8, 4) is 0 Å². The van der Waals surface area contributed by atoms with Crippen LogP contribution in [0.4, 0.5) is 4.39 Å². The summed E-state index contributed by atoms with van der Waals surface area (Å²) >= 11 is 0. The Hall–Kier alpha value is -2.95. The third-order valence-corrected chi connectivity index (χ3v) is 3.53. The fraction of sp³-hybridized carbons (Fsp3) is 0.111. The van der Waals surface area contributed by atoms with Crippen LogP contribution in [0.5, 0.6) is 0 Å². The van der Waals surface area contributed by atoms with Gasteiger partial charge in [0.2, 0.25) is 5.91 Å². The first-order valence-electron chi connectivity index (χ1n) is 7.16. The van der Waals surface area contributed by atoms with E-state index in [9.17, 15) is 14.0 Å². The van der Waals surface area contributed by atoms with E-state index in [0.717, 1.165) is 5.56 Å². The van der Waals surface area contributed by atoms with Crippen LogP contribution in [0.3, 0.4) is 0 Å². The van der Waals surface area contributed by atoms with Gasteiger partial charge < -0.3 is 10.1 Å². The van der Waals surface area contributed by atoms with E-state index in [1.807, 2.05) is 30.3 Å². The molecule has 4 nitrogen and oxygen atoms in total. The van der Waals surface area contributed by atoms with Crippen molar-refractivity contribution in [3.63, 3.8) is 0 Å². The molecule has 23 heavy (non-hydrogen) atoms. The number of amides is 1. The van der Waals surface area contributed by atoms with Crippen LogP contribution in [0.15, 0.2) is 66.4 Å². The highest BCUT2D eigenvalue weighted by atomic mass is 19.1. The summed E-state index contributed by atoms with van der Waals surface area (Å²) in [6.07, 6.45) is 1.55. The largest absolute Gasteiger partial charge is 0.427 e. The fourth-order valence-electron chi connectivity index (χ4n) is 2.43. The number of hydrogen-bond acceptors (Lipinski definition) is 3. The SMILES string of the molecule is O=C1C=C(OC(=O)c2ccccc2F)CC(c2ccccc2)N1. The number of benzene rings is 2. The first kappa shape index (κ1) is 15.0. The Kier molecular flexibility index (Phi) is 4.19. The van der Waals surface area contributed by atoms with Crippen molar-refractivity contribution in [2.45, 2.75) is 12.5 Å². The number of ether oxygens (including phenoxy) is 1. The van der Waals surface area contributed by atoms with Gasteiger partial charge in [0, 0.05) is 12.5 Å². The smallest absolute Gasteiger partial charge is 0.346 e. The number of rotatable bonds is 3. The van der Waals surface area contributed by atoms with Gasteiger partial charge in [-0.15, -0.1) is 0 Å². The molecule has 2 aromatic carbocycles. The van der Waals surface area contributed by atoms with Crippen LogP contribution in [0, 0.1) is 5.82 Å². The molecule has 1 atom stereocenters. The standard InChI is InChI=1S/C18H14FNO3/c19-15-9-5-4-8-14(15)18(22)23-13-10-16(20-17(21)11-13)12-6-2-1-3-7-12/h1-9,11,16H,10H2,(H,20,21). The Labute approximate surface area is 132 Å². The highest BCUT2D eigenvalue weighted by molar-refractivity contribution is 5.93. The van der Waals surface area contributed by atoms with E-state index in [4.69, 9.17) is 4.74 Å². The highest BCUT2D eigenvalue weighted by Gasteiger charge is 2.24. The quantitative estimate of drug-likeness (QED) is 0.886. The first-order valence-corrected chi connectivity index (χ1v) is 7.16. The fourth-order valence-corrected chi connectivity index (χ4v) is 2.43. The molecule has 116 valence electrons. The van der Waals surface area contributed by atoms with Gasteiger partial charge in [0.25, 0.3) is 0 Å². The molecular weight excluding hydrogens is 297 g/mol. The second kappa shape index (κ2) is 6.44. The summed E-state index contributed by atoms with van der Waals surface area (Å²) in [5.74, 6) is -1.59. The van der Waals surface area contributed by atoms with Gasteiger partial charge in [-0.25, -0.2) is 9.18 Å². The maximum Gasteiger partial charge on any atom is 0.346 e. The molecule has 1 aliphatic rings. The van der Waals surface area contributed by atoms with E-state index in [2.05, 4.69) is 5.32 Å². The van der Waals surface area contributed by atoms with E-state index >= 15 is 0 Å². The number of carbonyl (C=O) groups excluding carboxylic acids is 2. The van der Waals surface area contributed by atoms with Gasteiger partial charge in [-0.05, 0) is 17.7 Å². The van der Waals surface area contributed by atoms with E-state index in [1.54, 1.807) is 6.07 Å². The molecule has 0 spiro atoms. The normalized spacial score (nSPS) is 17.2. The van der Waals surface area contributed by atoms with Gasteiger partial charge in [-0.3, -0.25) is 4.79 Å². The van der Waals surface area contributed by atoms with E-state index in [-0.39, 0.29) is 23.3 Å². The van der Waals surface area contributed by atoms with Crippen LogP contribution in [0.25, 0.3) is 0 Å². The van der Waals surface area contributed by atoms with E-state index in [0.29, 0.717) is 6.42 Å². The van der Waals surface area contributed by atoms with Crippen molar-refractivity contribution < 1.29 is 18.7 Å². The molecule has 0 saturated carbocycles. The summed E-state index contributed by atoms with van der Waals surface area (Å²) < 4.78 is 18.8. The molecule has 1 N–H and O–H groups in total. The molecule has 1 aliphatic heterocycles. The van der Waals surface area contributed by atoms with Crippen LogP contribution in [0.2, 0.25) is 0 Å². The third kappa shape index (κ3) is 3.45. The molecule has 0 aliphatic carbocycles. The van der Waals surface area contributed by atoms with Crippen molar-refractivity contribution in [3.05, 3.63) is 83.4 Å². The summed E-state index contributed by atoms with van der Waals surface area (Å²) in [6.45, 7) is 0. The van der Waals surface area contributed by atoms with Crippen LogP contribution >= 0.6 is 0 Å². The summed E-state index contributed by atoms with van der Waals surface area (Å²) in [7, 11) is 0. The Morgan fingerprint density at radius 1 is 1.09 bits per heavy atom. The number of carbonyl (C=O) groups is 2. The zero-order valence-electron chi connectivity index (χ0n) is 12.2. The maximum atomic E-state index is 13.6. The molecule has 0 bridgehead atoms. The summed E-state index contributed by atoms with van der Waals surface area (Å²) in [5.41, 5.74) is 0.754. The average molecular weight is 311 g/mol. The van der Waals surface area contributed by atoms with Crippen molar-refractivity contribution in [1.82, 2.24) is 5.32 Å². The molecule has 5 heteroatoms. The third-order valence-electron chi connectivity index (χ3n) is 3.53. The zero-order valence-corrected chi connectivity index (χ0v) is 12.2. The molecule has 0 aromatic heterocycles. The monoisotopic (exact) mass is 311 g/mol. The Morgan fingerprint density at radius 2 is 1.78 bits per heavy atom. The number of nitrogens with one attached hydrogen (secondary N) is 1. The van der Waals surface area contributed by atoms with Crippen LogP contribution < -0.4 is 5.32 Å². The average Bonchev–Trinajstić information content (AvgIpc) is 2.55. The van der Waals surface area contributed by atoms with Gasteiger partial charge in [-0.1, -0.05) is 42.5 Å². The van der Waals surface area contributed by atoms with Crippen LogP contribution in [-0.4, -0.2) is 11.9 Å². The number of hydrogen-bond donors (Lipinski definition) is 1. The van der Waals surface area contributed by atoms with Gasteiger partial charge >= 0.3 is 5.97 Å². The predicted octanol–water partition coefficient (Wildman–Crippen LogP) is 3.13. The maximum absolute atomic E-state index is 13.6. The lowest BCUT2D eigenvalue weighted by Crippen LogP contribution is -2.32. The first-order chi connectivity index (χ1) is 11.1. The Morgan fingerprint density at radius 3 is 2.52 bits per heavy atom. The number of esters is 1. The van der Waals surface area contributed by atoms with Crippen molar-refractivity contribution in [1.29, 1.82) is 0 Å². The summed E-state index contributed by atoms with van der Waals surface area (Å²) in [4.78, 5) is 23.8. The van der Waals surface area contributed by atoms with E-state index < -0.39 is 11.8 Å². The van der Waals surface area contributed by atoms with Gasteiger partial charge in [-0.2, -0.15) is 0 Å². The molecule has 3 rings (SSSR count). The van der Waals surface area contributed by atoms with Crippen molar-refractivity contribution >= 4 is 11.9 Å². The lowest BCUT2D eigenvalue weighted by Gasteiger charge is -2.23. The van der Waals surface area contributed by atoms with Gasteiger partial charge in [0.15, 0.2) is 0 Å². The second-order valence-corrected chi connectivity index (χ2v) is 5.16. The predicted molar refractivity (Wildman–Crippen MR) is 81.8 cm³/mol. The van der Waals surface area contributed by atoms with Gasteiger partial charge in [0.1, 0.15) is 11.6 Å². The second-order valence-electron chi connectivity index (χ2n) is 5.16. The van der Waals surface area contributed by atoms with Crippen LogP contribution in [-0.2, 0) is 9.53 Å². The molecule has 1 heterocycles. The minimum atomic E-state index is -0.809. The molecule has 0 radical (unpaired) electrons. The Bertz CT molecular complexity index is 771. The topological polar surface area (TPSA) is 55.4 Å². The number of halogens is 1. The van der Waals surface area contributed by atoms with Crippen molar-refractivity contribution in [2.24, 2.45) is 0 Å². The van der Waals surface area contributed by atoms with E-state index in [1.165, 1.54) is 24.3 Å². The molecule has 0 saturated heterocycles. The Balaban J connectivity index is 1.76. The molecular formula is C18H14FNO3. The van der Waals surface area contributed by atoms with Crippen LogP contribution in [0.1, 0.15) is 28.4 Å². The lowest BCUT2D eigenvalue weighted by molar-refractivity contribution is -0.118. The zero-order chi connectivity index (χ0) is 16.2. The summed E-state index contributed by atoms with van der Waals surface area (Å²) in [6, 6.07) is 14.7. The lowest BCUT2D eigenvalue weighted by atomic mass is 10.00. The summed E-state index contributed by atoms with van der Waals surface area (Å²) in [5, 5.41) is 2.81. The van der Waals surface area contributed by atoms with Crippen molar-refractivity contribution in [2.75, 3.05) is 0 Å². The minimum Gasteiger partial charge on any atom is -0.427 e. The minimum absolute atomic E-state index is 0.157.